The number of aryl methyl sites for hydroxylation is 1. The smallest absolute Gasteiger partial charge is 0.256 e. The molecule has 0 saturated carbocycles. The van der Waals surface area contributed by atoms with Gasteiger partial charge in [0.2, 0.25) is 0 Å². The lowest BCUT2D eigenvalue weighted by atomic mass is 10.2. The van der Waals surface area contributed by atoms with Crippen LogP contribution in [-0.2, 0) is 9.84 Å². The van der Waals surface area contributed by atoms with E-state index in [-0.39, 0.29) is 17.5 Å². The third-order valence-corrected chi connectivity index (χ3v) is 5.51. The molecule has 1 aromatic carbocycles. The summed E-state index contributed by atoms with van der Waals surface area (Å²) in [5.74, 6) is -0.223. The Morgan fingerprint density at radius 2 is 2.04 bits per heavy atom. The molecule has 1 aromatic heterocycles. The fraction of sp³-hybridized carbons (Fsp3) is 0.333. The van der Waals surface area contributed by atoms with E-state index in [0.29, 0.717) is 23.5 Å². The highest BCUT2D eigenvalue weighted by molar-refractivity contribution is 7.91. The standard InChI is InChI=1S/C15H16FN3O3S/c1-10-8-14(17-15(20)11-2-4-12(16)5-3-11)19(18-10)13-6-7-23(21,22)9-13/h2-5,8,13H,6-7,9H2,1H3,(H,17,20)/t13-/m0/s1. The van der Waals surface area contributed by atoms with Crippen molar-refractivity contribution in [3.63, 3.8) is 0 Å². The number of benzene rings is 1. The minimum Gasteiger partial charge on any atom is -0.307 e. The monoisotopic (exact) mass is 337 g/mol. The van der Waals surface area contributed by atoms with Gasteiger partial charge in [-0.15, -0.1) is 0 Å². The van der Waals surface area contributed by atoms with Crippen molar-refractivity contribution in [2.45, 2.75) is 19.4 Å². The number of carbonyl (C=O) groups excluding carboxylic acids is 1. The van der Waals surface area contributed by atoms with Gasteiger partial charge in [-0.2, -0.15) is 5.10 Å². The normalized spacial score (nSPS) is 19.7. The summed E-state index contributed by atoms with van der Waals surface area (Å²) >= 11 is 0. The molecule has 1 atom stereocenters. The van der Waals surface area contributed by atoms with E-state index < -0.39 is 21.6 Å². The average molecular weight is 337 g/mol. The van der Waals surface area contributed by atoms with Crippen molar-refractivity contribution in [3.05, 3.63) is 47.4 Å². The summed E-state index contributed by atoms with van der Waals surface area (Å²) in [5.41, 5.74) is 1.000. The van der Waals surface area contributed by atoms with Gasteiger partial charge in [-0.3, -0.25) is 4.79 Å². The SMILES string of the molecule is Cc1cc(NC(=O)c2ccc(F)cc2)n([C@H]2CCS(=O)(=O)C2)n1. The number of nitrogens with zero attached hydrogens (tertiary/aromatic N) is 2. The molecule has 3 rings (SSSR count). The fourth-order valence-corrected chi connectivity index (χ4v) is 4.34. The van der Waals surface area contributed by atoms with Crippen molar-refractivity contribution in [2.24, 2.45) is 0 Å². The largest absolute Gasteiger partial charge is 0.307 e. The first-order chi connectivity index (χ1) is 10.8. The maximum Gasteiger partial charge on any atom is 0.256 e. The number of aromatic nitrogens is 2. The van der Waals surface area contributed by atoms with Crippen LogP contribution in [0.4, 0.5) is 10.2 Å². The molecule has 0 aliphatic carbocycles. The summed E-state index contributed by atoms with van der Waals surface area (Å²) < 4.78 is 37.8. The van der Waals surface area contributed by atoms with E-state index in [4.69, 9.17) is 0 Å². The highest BCUT2D eigenvalue weighted by Crippen LogP contribution is 2.27. The van der Waals surface area contributed by atoms with E-state index in [2.05, 4.69) is 10.4 Å². The second kappa shape index (κ2) is 5.77. The molecule has 1 amide bonds. The number of sulfone groups is 1. The van der Waals surface area contributed by atoms with Crippen LogP contribution in [0.3, 0.4) is 0 Å². The Kier molecular flexibility index (Phi) is 3.93. The van der Waals surface area contributed by atoms with E-state index in [0.717, 1.165) is 0 Å². The van der Waals surface area contributed by atoms with Gasteiger partial charge in [-0.05, 0) is 37.6 Å². The summed E-state index contributed by atoms with van der Waals surface area (Å²) in [6, 6.07) is 6.60. The molecule has 1 saturated heterocycles. The number of hydrogen-bond acceptors (Lipinski definition) is 4. The molecule has 1 aliphatic rings. The van der Waals surface area contributed by atoms with Crippen LogP contribution in [0.25, 0.3) is 0 Å². The minimum absolute atomic E-state index is 0.0214. The van der Waals surface area contributed by atoms with Crippen LogP contribution >= 0.6 is 0 Å². The van der Waals surface area contributed by atoms with Crippen LogP contribution in [0.2, 0.25) is 0 Å². The number of anilines is 1. The molecule has 0 bridgehead atoms. The third kappa shape index (κ3) is 3.42. The highest BCUT2D eigenvalue weighted by atomic mass is 32.2. The topological polar surface area (TPSA) is 81.1 Å². The Hall–Kier alpha value is -2.22. The molecular formula is C15H16FN3O3S. The van der Waals surface area contributed by atoms with Gasteiger partial charge in [0, 0.05) is 11.6 Å². The fourth-order valence-electron chi connectivity index (χ4n) is 2.65. The summed E-state index contributed by atoms with van der Waals surface area (Å²) in [6.07, 6.45) is 0.475. The first kappa shape index (κ1) is 15.7. The van der Waals surface area contributed by atoms with E-state index in [9.17, 15) is 17.6 Å². The van der Waals surface area contributed by atoms with Crippen LogP contribution in [0, 0.1) is 12.7 Å². The maximum atomic E-state index is 12.9. The second-order valence-corrected chi connectivity index (χ2v) is 7.86. The van der Waals surface area contributed by atoms with Gasteiger partial charge in [0.25, 0.3) is 5.91 Å². The molecule has 23 heavy (non-hydrogen) atoms. The van der Waals surface area contributed by atoms with Gasteiger partial charge in [-0.25, -0.2) is 17.5 Å². The highest BCUT2D eigenvalue weighted by Gasteiger charge is 2.31. The van der Waals surface area contributed by atoms with E-state index in [1.807, 2.05) is 0 Å². The molecule has 6 nitrogen and oxygen atoms in total. The third-order valence-electron chi connectivity index (χ3n) is 3.76. The van der Waals surface area contributed by atoms with Gasteiger partial charge in [0.05, 0.1) is 23.2 Å². The molecule has 2 aromatic rings. The predicted octanol–water partition coefficient (Wildman–Crippen LogP) is 1.94. The number of nitrogens with one attached hydrogen (secondary N) is 1. The number of amides is 1. The van der Waals surface area contributed by atoms with Gasteiger partial charge in [0.1, 0.15) is 11.6 Å². The zero-order valence-corrected chi connectivity index (χ0v) is 13.3. The summed E-state index contributed by atoms with van der Waals surface area (Å²) in [7, 11) is -3.05. The second-order valence-electron chi connectivity index (χ2n) is 5.63. The lowest BCUT2D eigenvalue weighted by molar-refractivity contribution is 0.102. The predicted molar refractivity (Wildman–Crippen MR) is 83.6 cm³/mol. The summed E-state index contributed by atoms with van der Waals surface area (Å²) in [6.45, 7) is 1.77. The zero-order chi connectivity index (χ0) is 16.6. The van der Waals surface area contributed by atoms with Crippen LogP contribution in [0.5, 0.6) is 0 Å². The molecule has 1 N–H and O–H groups in total. The first-order valence-corrected chi connectivity index (χ1v) is 9.00. The van der Waals surface area contributed by atoms with Crippen molar-refractivity contribution in [2.75, 3.05) is 16.8 Å². The molecule has 122 valence electrons. The van der Waals surface area contributed by atoms with Gasteiger partial charge in [0.15, 0.2) is 9.84 Å². The van der Waals surface area contributed by atoms with Crippen molar-refractivity contribution in [3.8, 4) is 0 Å². The van der Waals surface area contributed by atoms with E-state index in [1.165, 1.54) is 24.3 Å². The lowest BCUT2D eigenvalue weighted by Gasteiger charge is -2.13. The molecule has 0 spiro atoms. The van der Waals surface area contributed by atoms with Crippen LogP contribution < -0.4 is 5.32 Å². The number of hydrogen-bond donors (Lipinski definition) is 1. The number of rotatable bonds is 3. The molecule has 1 aliphatic heterocycles. The zero-order valence-electron chi connectivity index (χ0n) is 12.5. The van der Waals surface area contributed by atoms with Crippen LogP contribution in [0.15, 0.2) is 30.3 Å². The summed E-state index contributed by atoms with van der Waals surface area (Å²) in [5, 5.41) is 7.01. The van der Waals surface area contributed by atoms with Crippen LogP contribution in [-0.4, -0.2) is 35.6 Å². The number of halogens is 1. The minimum atomic E-state index is -3.05. The Morgan fingerprint density at radius 3 is 2.65 bits per heavy atom. The Labute approximate surface area is 133 Å². The van der Waals surface area contributed by atoms with Gasteiger partial charge in [-0.1, -0.05) is 0 Å². The van der Waals surface area contributed by atoms with Crippen molar-refractivity contribution < 1.29 is 17.6 Å². The van der Waals surface area contributed by atoms with E-state index >= 15 is 0 Å². The molecule has 8 heteroatoms. The molecule has 2 heterocycles. The molecule has 0 radical (unpaired) electrons. The van der Waals surface area contributed by atoms with E-state index in [1.54, 1.807) is 17.7 Å². The molecule has 1 fully saturated rings. The van der Waals surface area contributed by atoms with Gasteiger partial charge < -0.3 is 5.32 Å². The first-order valence-electron chi connectivity index (χ1n) is 7.17. The van der Waals surface area contributed by atoms with Crippen molar-refractivity contribution >= 4 is 21.6 Å². The molecule has 0 unspecified atom stereocenters. The quantitative estimate of drug-likeness (QED) is 0.928. The van der Waals surface area contributed by atoms with Crippen LogP contribution in [0.1, 0.15) is 28.5 Å². The lowest BCUT2D eigenvalue weighted by Crippen LogP contribution is -2.19. The summed E-state index contributed by atoms with van der Waals surface area (Å²) in [4.78, 5) is 12.2. The number of carbonyl (C=O) groups is 1. The maximum absolute atomic E-state index is 12.9. The Bertz CT molecular complexity index is 843. The van der Waals surface area contributed by atoms with Gasteiger partial charge >= 0.3 is 0 Å². The van der Waals surface area contributed by atoms with Crippen molar-refractivity contribution in [1.82, 2.24) is 9.78 Å². The average Bonchev–Trinajstić information content (AvgIpc) is 3.02. The Balaban J connectivity index is 1.83. The Morgan fingerprint density at radius 1 is 1.35 bits per heavy atom. The van der Waals surface area contributed by atoms with Crippen molar-refractivity contribution in [1.29, 1.82) is 0 Å². The molecular weight excluding hydrogens is 321 g/mol.